The zero-order chi connectivity index (χ0) is 19.3. The van der Waals surface area contributed by atoms with Gasteiger partial charge in [0, 0.05) is 17.2 Å². The normalized spacial score (nSPS) is 11.5. The predicted octanol–water partition coefficient (Wildman–Crippen LogP) is 2.41. The Morgan fingerprint density at radius 3 is 2.59 bits per heavy atom. The Bertz CT molecular complexity index is 1050. The number of aromatic nitrogens is 2. The largest absolute Gasteiger partial charge is 0.497 e. The lowest BCUT2D eigenvalue weighted by Crippen LogP contribution is -2.19. The molecule has 0 saturated heterocycles. The molecule has 0 fully saturated rings. The van der Waals surface area contributed by atoms with Crippen molar-refractivity contribution in [2.24, 2.45) is 5.10 Å². The molecule has 0 amide bonds. The molecule has 1 aromatic heterocycles. The number of methoxy groups -OCH3 is 2. The molecule has 140 valence electrons. The lowest BCUT2D eigenvalue weighted by molar-refractivity contribution is 0.386. The Balaban J connectivity index is 1.82. The van der Waals surface area contributed by atoms with Crippen LogP contribution in [0.3, 0.4) is 0 Å². The highest BCUT2D eigenvalue weighted by molar-refractivity contribution is 7.89. The third-order valence-electron chi connectivity index (χ3n) is 3.77. The molecule has 0 aliphatic rings. The van der Waals surface area contributed by atoms with Crippen LogP contribution in [0.15, 0.2) is 64.7 Å². The van der Waals surface area contributed by atoms with Crippen molar-refractivity contribution in [2.75, 3.05) is 14.2 Å². The van der Waals surface area contributed by atoms with Crippen LogP contribution in [0.1, 0.15) is 5.56 Å². The average molecular weight is 386 g/mol. The maximum Gasteiger partial charge on any atom is 0.280 e. The molecule has 0 bridgehead atoms. The summed E-state index contributed by atoms with van der Waals surface area (Å²) < 4.78 is 35.3. The molecule has 0 saturated carbocycles. The van der Waals surface area contributed by atoms with Gasteiger partial charge in [-0.2, -0.15) is 23.4 Å². The van der Waals surface area contributed by atoms with Gasteiger partial charge in [0.05, 0.1) is 32.3 Å². The number of hydrogen-bond donors (Lipinski definition) is 2. The minimum Gasteiger partial charge on any atom is -0.497 e. The first-order valence-electron chi connectivity index (χ1n) is 7.91. The van der Waals surface area contributed by atoms with Crippen molar-refractivity contribution >= 4 is 16.2 Å². The molecule has 1 heterocycles. The van der Waals surface area contributed by atoms with Crippen LogP contribution >= 0.6 is 0 Å². The van der Waals surface area contributed by atoms with Gasteiger partial charge in [0.25, 0.3) is 10.0 Å². The monoisotopic (exact) mass is 386 g/mol. The number of benzene rings is 2. The summed E-state index contributed by atoms with van der Waals surface area (Å²) in [4.78, 5) is 2.14. The quantitative estimate of drug-likeness (QED) is 0.479. The highest BCUT2D eigenvalue weighted by Gasteiger charge is 2.19. The van der Waals surface area contributed by atoms with Crippen molar-refractivity contribution in [3.8, 4) is 22.8 Å². The van der Waals surface area contributed by atoms with Gasteiger partial charge in [-0.1, -0.05) is 30.3 Å². The lowest BCUT2D eigenvalue weighted by Gasteiger charge is -2.10. The van der Waals surface area contributed by atoms with Crippen LogP contribution in [0.2, 0.25) is 0 Å². The van der Waals surface area contributed by atoms with Gasteiger partial charge in [-0.15, -0.1) is 0 Å². The van der Waals surface area contributed by atoms with Gasteiger partial charge in [0.1, 0.15) is 16.4 Å². The summed E-state index contributed by atoms with van der Waals surface area (Å²) in [6, 6.07) is 13.9. The van der Waals surface area contributed by atoms with Gasteiger partial charge in [-0.3, -0.25) is 5.10 Å². The zero-order valence-electron chi connectivity index (χ0n) is 14.7. The first-order chi connectivity index (χ1) is 13.0. The van der Waals surface area contributed by atoms with Crippen LogP contribution < -0.4 is 14.3 Å². The number of rotatable bonds is 7. The summed E-state index contributed by atoms with van der Waals surface area (Å²) >= 11 is 0. The van der Waals surface area contributed by atoms with Crippen molar-refractivity contribution in [1.29, 1.82) is 0 Å². The molecule has 2 aromatic carbocycles. The maximum atomic E-state index is 12.5. The number of hydrazone groups is 1. The fourth-order valence-corrected chi connectivity index (χ4v) is 3.38. The molecule has 0 unspecified atom stereocenters. The van der Waals surface area contributed by atoms with Crippen molar-refractivity contribution in [1.82, 2.24) is 15.0 Å². The second kappa shape index (κ2) is 7.92. The SMILES string of the molecule is COc1ccc(S(=O)(=O)NN=Cc2cn[nH]c2-c2ccccc2)c(OC)c1. The molecule has 0 spiro atoms. The maximum absolute atomic E-state index is 12.5. The molecule has 8 nitrogen and oxygen atoms in total. The number of sulfonamides is 1. The summed E-state index contributed by atoms with van der Waals surface area (Å²) in [7, 11) is -1.05. The van der Waals surface area contributed by atoms with E-state index in [0.29, 0.717) is 11.3 Å². The number of H-pyrrole nitrogens is 1. The molecule has 0 radical (unpaired) electrons. The van der Waals surface area contributed by atoms with E-state index in [2.05, 4.69) is 20.1 Å². The van der Waals surface area contributed by atoms with Crippen molar-refractivity contribution in [3.63, 3.8) is 0 Å². The third-order valence-corrected chi connectivity index (χ3v) is 5.03. The topological polar surface area (TPSA) is 106 Å². The summed E-state index contributed by atoms with van der Waals surface area (Å²) in [5.74, 6) is 0.644. The van der Waals surface area contributed by atoms with Crippen LogP contribution in [0.25, 0.3) is 11.3 Å². The van der Waals surface area contributed by atoms with E-state index < -0.39 is 10.0 Å². The molecule has 27 heavy (non-hydrogen) atoms. The Labute approximate surface area is 156 Å². The van der Waals surface area contributed by atoms with Crippen LogP contribution in [0, 0.1) is 0 Å². The van der Waals surface area contributed by atoms with Crippen LogP contribution in [0.4, 0.5) is 0 Å². The summed E-state index contributed by atoms with van der Waals surface area (Å²) in [5.41, 5.74) is 2.29. The molecule has 3 rings (SSSR count). The summed E-state index contributed by atoms with van der Waals surface area (Å²) in [6.45, 7) is 0. The predicted molar refractivity (Wildman–Crippen MR) is 101 cm³/mol. The van der Waals surface area contributed by atoms with Gasteiger partial charge < -0.3 is 9.47 Å². The molecule has 0 atom stereocenters. The van der Waals surface area contributed by atoms with Crippen molar-refractivity contribution in [2.45, 2.75) is 4.90 Å². The Morgan fingerprint density at radius 2 is 1.89 bits per heavy atom. The molecular formula is C18H18N4O4S. The van der Waals surface area contributed by atoms with E-state index in [4.69, 9.17) is 9.47 Å². The Morgan fingerprint density at radius 1 is 1.11 bits per heavy atom. The number of aromatic amines is 1. The number of nitrogens with zero attached hydrogens (tertiary/aromatic N) is 2. The standard InChI is InChI=1S/C18H18N4O4S/c1-25-15-8-9-17(16(10-15)26-2)27(23,24)22-20-12-14-11-19-21-18(14)13-6-4-3-5-7-13/h3-12,22H,1-2H3,(H,19,21). The van der Waals surface area contributed by atoms with Crippen molar-refractivity contribution in [3.05, 3.63) is 60.3 Å². The second-order valence-electron chi connectivity index (χ2n) is 5.44. The molecule has 0 aliphatic heterocycles. The van der Waals surface area contributed by atoms with Crippen LogP contribution in [0.5, 0.6) is 11.5 Å². The number of ether oxygens (including phenoxy) is 2. The van der Waals surface area contributed by atoms with Gasteiger partial charge >= 0.3 is 0 Å². The van der Waals surface area contributed by atoms with Crippen LogP contribution in [-0.2, 0) is 10.0 Å². The van der Waals surface area contributed by atoms with E-state index in [-0.39, 0.29) is 10.6 Å². The van der Waals surface area contributed by atoms with Gasteiger partial charge in [0.2, 0.25) is 0 Å². The summed E-state index contributed by atoms with van der Waals surface area (Å²) in [6.07, 6.45) is 2.95. The highest BCUT2D eigenvalue weighted by Crippen LogP contribution is 2.28. The van der Waals surface area contributed by atoms with E-state index in [1.54, 1.807) is 6.20 Å². The molecule has 0 aliphatic carbocycles. The molecule has 2 N–H and O–H groups in total. The van der Waals surface area contributed by atoms with Gasteiger partial charge in [0.15, 0.2) is 0 Å². The number of nitrogens with one attached hydrogen (secondary N) is 2. The first-order valence-corrected chi connectivity index (χ1v) is 9.39. The van der Waals surface area contributed by atoms with E-state index in [9.17, 15) is 8.42 Å². The average Bonchev–Trinajstić information content (AvgIpc) is 3.16. The van der Waals surface area contributed by atoms with Crippen molar-refractivity contribution < 1.29 is 17.9 Å². The van der Waals surface area contributed by atoms with Gasteiger partial charge in [-0.25, -0.2) is 0 Å². The zero-order valence-corrected chi connectivity index (χ0v) is 15.5. The fourth-order valence-electron chi connectivity index (χ4n) is 2.44. The third kappa shape index (κ3) is 4.09. The fraction of sp³-hybridized carbons (Fsp3) is 0.111. The molecule has 3 aromatic rings. The Hall–Kier alpha value is -3.33. The molecular weight excluding hydrogens is 368 g/mol. The van der Waals surface area contributed by atoms with E-state index in [1.165, 1.54) is 38.6 Å². The molecule has 9 heteroatoms. The lowest BCUT2D eigenvalue weighted by atomic mass is 10.1. The Kier molecular flexibility index (Phi) is 5.41. The minimum atomic E-state index is -3.92. The smallest absolute Gasteiger partial charge is 0.280 e. The highest BCUT2D eigenvalue weighted by atomic mass is 32.2. The number of hydrogen-bond acceptors (Lipinski definition) is 6. The van der Waals surface area contributed by atoms with Crippen LogP contribution in [-0.4, -0.2) is 39.0 Å². The minimum absolute atomic E-state index is 0.0431. The first kappa shape index (κ1) is 18.5. The second-order valence-corrected chi connectivity index (χ2v) is 7.07. The van der Waals surface area contributed by atoms with E-state index >= 15 is 0 Å². The van der Waals surface area contributed by atoms with Gasteiger partial charge in [-0.05, 0) is 12.1 Å². The van der Waals surface area contributed by atoms with E-state index in [0.717, 1.165) is 11.3 Å². The van der Waals surface area contributed by atoms with E-state index in [1.807, 2.05) is 30.3 Å². The summed E-state index contributed by atoms with van der Waals surface area (Å²) in [5, 5.41) is 10.7.